The van der Waals surface area contributed by atoms with Crippen LogP contribution in [-0.4, -0.2) is 47.1 Å². The zero-order valence-electron chi connectivity index (χ0n) is 12.2. The lowest BCUT2D eigenvalue weighted by atomic mass is 9.99. The van der Waals surface area contributed by atoms with Crippen molar-refractivity contribution in [3.05, 3.63) is 47.0 Å². The molecule has 1 aromatic heterocycles. The van der Waals surface area contributed by atoms with Crippen molar-refractivity contribution in [3.63, 3.8) is 0 Å². The van der Waals surface area contributed by atoms with E-state index in [9.17, 15) is 17.6 Å². The van der Waals surface area contributed by atoms with E-state index in [0.717, 1.165) is 6.07 Å². The number of carbonyl (C=O) groups is 1. The van der Waals surface area contributed by atoms with Gasteiger partial charge in [-0.05, 0) is 30.7 Å². The first-order valence-corrected chi connectivity index (χ1v) is 8.28. The number of H-pyrrole nitrogens is 1. The van der Waals surface area contributed by atoms with E-state index in [-0.39, 0.29) is 29.6 Å². The molecular weight excluding hydrogens is 325 g/mol. The molecular formula is C14H14FN3O4S. The lowest BCUT2D eigenvalue weighted by molar-refractivity contribution is 0.0690. The Morgan fingerprint density at radius 3 is 2.65 bits per heavy atom. The molecule has 23 heavy (non-hydrogen) atoms. The molecule has 0 amide bonds. The molecule has 0 atom stereocenters. The second-order valence-electron chi connectivity index (χ2n) is 5.44. The number of carboxylic acid groups (broad SMARTS) is 1. The Balaban J connectivity index is 1.74. The second kappa shape index (κ2) is 5.43. The summed E-state index contributed by atoms with van der Waals surface area (Å²) in [5.41, 5.74) is 0.843. The number of hydrogen-bond donors (Lipinski definition) is 2. The summed E-state index contributed by atoms with van der Waals surface area (Å²) in [5, 5.41) is 15.1. The number of aryl methyl sites for hydroxylation is 1. The molecule has 122 valence electrons. The van der Waals surface area contributed by atoms with E-state index in [0.29, 0.717) is 11.3 Å². The third kappa shape index (κ3) is 2.73. The molecule has 0 bridgehead atoms. The van der Waals surface area contributed by atoms with Crippen molar-refractivity contribution in [3.8, 4) is 0 Å². The number of sulfonamides is 1. The maximum atomic E-state index is 13.6. The normalized spacial score (nSPS) is 16.3. The Hall–Kier alpha value is -2.26. The van der Waals surface area contributed by atoms with Crippen LogP contribution < -0.4 is 0 Å². The maximum Gasteiger partial charge on any atom is 0.356 e. The van der Waals surface area contributed by atoms with Gasteiger partial charge in [0.25, 0.3) is 0 Å². The number of aromatic nitrogens is 2. The first-order valence-electron chi connectivity index (χ1n) is 6.84. The minimum Gasteiger partial charge on any atom is -0.476 e. The molecule has 1 saturated heterocycles. The summed E-state index contributed by atoms with van der Waals surface area (Å²) in [6.45, 7) is 1.95. The summed E-state index contributed by atoms with van der Waals surface area (Å²) in [4.78, 5) is 10.7. The quantitative estimate of drug-likeness (QED) is 0.875. The number of hydrogen-bond acceptors (Lipinski definition) is 4. The highest BCUT2D eigenvalue weighted by molar-refractivity contribution is 7.89. The van der Waals surface area contributed by atoms with Gasteiger partial charge in [-0.15, -0.1) is 0 Å². The van der Waals surface area contributed by atoms with Crippen molar-refractivity contribution in [1.29, 1.82) is 0 Å². The summed E-state index contributed by atoms with van der Waals surface area (Å²) in [6, 6.07) is 5.20. The molecule has 9 heteroatoms. The van der Waals surface area contributed by atoms with E-state index >= 15 is 0 Å². The molecule has 1 aliphatic heterocycles. The zero-order chi connectivity index (χ0) is 16.8. The molecule has 2 heterocycles. The van der Waals surface area contributed by atoms with Crippen molar-refractivity contribution in [2.75, 3.05) is 13.1 Å². The molecule has 2 aromatic rings. The molecule has 1 fully saturated rings. The number of rotatable bonds is 4. The van der Waals surface area contributed by atoms with E-state index in [1.54, 1.807) is 6.92 Å². The fourth-order valence-electron chi connectivity index (χ4n) is 2.37. The molecule has 0 spiro atoms. The van der Waals surface area contributed by atoms with Crippen LogP contribution in [0.2, 0.25) is 0 Å². The summed E-state index contributed by atoms with van der Waals surface area (Å²) < 4.78 is 39.6. The molecule has 2 N–H and O–H groups in total. The van der Waals surface area contributed by atoms with Gasteiger partial charge in [0.05, 0.1) is 4.90 Å². The molecule has 1 aliphatic rings. The van der Waals surface area contributed by atoms with Crippen LogP contribution in [0.5, 0.6) is 0 Å². The van der Waals surface area contributed by atoms with Crippen molar-refractivity contribution in [2.24, 2.45) is 0 Å². The molecule has 0 saturated carbocycles. The van der Waals surface area contributed by atoms with Gasteiger partial charge < -0.3 is 5.11 Å². The largest absolute Gasteiger partial charge is 0.476 e. The van der Waals surface area contributed by atoms with Gasteiger partial charge in [-0.1, -0.05) is 6.07 Å². The van der Waals surface area contributed by atoms with Crippen LogP contribution in [0, 0.1) is 12.7 Å². The third-order valence-electron chi connectivity index (χ3n) is 3.89. The molecule has 7 nitrogen and oxygen atoms in total. The standard InChI is InChI=1S/C14H14FN3O4S/c1-8-2-3-10(4-11(8)15)23(21,22)18-6-9(7-18)12-5-13(14(19)20)17-16-12/h2-5,9H,6-7H2,1H3,(H,16,17)(H,19,20). The summed E-state index contributed by atoms with van der Waals surface area (Å²) >= 11 is 0. The fourth-order valence-corrected chi connectivity index (χ4v) is 3.91. The average Bonchev–Trinajstić information content (AvgIpc) is 2.89. The number of nitrogens with one attached hydrogen (secondary N) is 1. The average molecular weight is 339 g/mol. The van der Waals surface area contributed by atoms with Gasteiger partial charge in [-0.2, -0.15) is 9.40 Å². The maximum absolute atomic E-state index is 13.6. The van der Waals surface area contributed by atoms with Crippen LogP contribution in [0.25, 0.3) is 0 Å². The van der Waals surface area contributed by atoms with Gasteiger partial charge in [0.1, 0.15) is 5.82 Å². The number of nitrogens with zero attached hydrogens (tertiary/aromatic N) is 2. The fraction of sp³-hybridized carbons (Fsp3) is 0.286. The first kappa shape index (κ1) is 15.6. The molecule has 0 radical (unpaired) electrons. The highest BCUT2D eigenvalue weighted by atomic mass is 32.2. The van der Waals surface area contributed by atoms with Gasteiger partial charge >= 0.3 is 5.97 Å². The SMILES string of the molecule is Cc1ccc(S(=O)(=O)N2CC(c3cc(C(=O)O)n[nH]3)C2)cc1F. The van der Waals surface area contributed by atoms with E-state index in [1.807, 2.05) is 0 Å². The Labute approximate surface area is 131 Å². The van der Waals surface area contributed by atoms with Crippen molar-refractivity contribution in [1.82, 2.24) is 14.5 Å². The Bertz CT molecular complexity index is 872. The lowest BCUT2D eigenvalue weighted by Gasteiger charge is -2.37. The van der Waals surface area contributed by atoms with Gasteiger partial charge in [0.15, 0.2) is 5.69 Å². The smallest absolute Gasteiger partial charge is 0.356 e. The summed E-state index contributed by atoms with van der Waals surface area (Å²) in [6.07, 6.45) is 0. The monoisotopic (exact) mass is 339 g/mol. The minimum absolute atomic E-state index is 0.0881. The minimum atomic E-state index is -3.75. The number of halogens is 1. The highest BCUT2D eigenvalue weighted by Crippen LogP contribution is 2.31. The van der Waals surface area contributed by atoms with Crippen molar-refractivity contribution in [2.45, 2.75) is 17.7 Å². The Morgan fingerprint density at radius 1 is 1.39 bits per heavy atom. The van der Waals surface area contributed by atoms with Gasteiger partial charge in [0.2, 0.25) is 10.0 Å². The number of carboxylic acids is 1. The van der Waals surface area contributed by atoms with Gasteiger partial charge in [0, 0.05) is 24.7 Å². The van der Waals surface area contributed by atoms with Crippen LogP contribution in [0.4, 0.5) is 4.39 Å². The van der Waals surface area contributed by atoms with Crippen LogP contribution in [-0.2, 0) is 10.0 Å². The summed E-state index contributed by atoms with van der Waals surface area (Å²) in [5.74, 6) is -1.87. The van der Waals surface area contributed by atoms with E-state index in [2.05, 4.69) is 10.2 Å². The predicted molar refractivity (Wildman–Crippen MR) is 78.2 cm³/mol. The van der Waals surface area contributed by atoms with Gasteiger partial charge in [-0.3, -0.25) is 5.10 Å². The van der Waals surface area contributed by atoms with Crippen LogP contribution in [0.3, 0.4) is 0 Å². The number of aromatic carboxylic acids is 1. The molecule has 0 aliphatic carbocycles. The van der Waals surface area contributed by atoms with Crippen LogP contribution >= 0.6 is 0 Å². The topological polar surface area (TPSA) is 103 Å². The highest BCUT2D eigenvalue weighted by Gasteiger charge is 2.38. The summed E-state index contributed by atoms with van der Waals surface area (Å²) in [7, 11) is -3.75. The molecule has 0 unspecified atom stereocenters. The molecule has 3 rings (SSSR count). The van der Waals surface area contributed by atoms with E-state index in [4.69, 9.17) is 5.11 Å². The van der Waals surface area contributed by atoms with Crippen LogP contribution in [0.15, 0.2) is 29.2 Å². The third-order valence-corrected chi connectivity index (χ3v) is 5.71. The number of benzene rings is 1. The van der Waals surface area contributed by atoms with Crippen molar-refractivity contribution >= 4 is 16.0 Å². The second-order valence-corrected chi connectivity index (χ2v) is 7.38. The van der Waals surface area contributed by atoms with E-state index in [1.165, 1.54) is 22.5 Å². The predicted octanol–water partition coefficient (Wildman–Crippen LogP) is 1.34. The number of aromatic amines is 1. The van der Waals surface area contributed by atoms with E-state index < -0.39 is 21.8 Å². The Morgan fingerprint density at radius 2 is 2.09 bits per heavy atom. The Kier molecular flexibility index (Phi) is 3.69. The first-order chi connectivity index (χ1) is 10.8. The lowest BCUT2D eigenvalue weighted by Crippen LogP contribution is -2.48. The van der Waals surface area contributed by atoms with Gasteiger partial charge in [-0.25, -0.2) is 17.6 Å². The molecule has 1 aromatic carbocycles. The zero-order valence-corrected chi connectivity index (χ0v) is 13.0. The van der Waals surface area contributed by atoms with Crippen molar-refractivity contribution < 1.29 is 22.7 Å². The van der Waals surface area contributed by atoms with Crippen LogP contribution in [0.1, 0.15) is 27.7 Å².